The van der Waals surface area contributed by atoms with Gasteiger partial charge in [0, 0.05) is 16.5 Å². The molecule has 0 bridgehead atoms. The van der Waals surface area contributed by atoms with Gasteiger partial charge in [0.15, 0.2) is 0 Å². The van der Waals surface area contributed by atoms with Crippen LogP contribution < -0.4 is 0 Å². The minimum absolute atomic E-state index is 0. The van der Waals surface area contributed by atoms with Crippen LogP contribution in [0.5, 0.6) is 0 Å². The SMILES string of the molecule is [Ni].[S-]c1ccccc1[N-]C(c1ccc(Cl)c(Cl)c1)C([N-]c1ccccc1[S-])c1ccc(Cl)c(Cl)c1. The molecule has 0 radical (unpaired) electrons. The molecule has 2 unspecified atom stereocenters. The first-order valence-corrected chi connectivity index (χ1v) is 12.5. The van der Waals surface area contributed by atoms with E-state index in [9.17, 15) is 0 Å². The zero-order chi connectivity index (χ0) is 24.2. The molecule has 0 fully saturated rings. The summed E-state index contributed by atoms with van der Waals surface area (Å²) in [7, 11) is 0. The third-order valence-electron chi connectivity index (χ3n) is 5.16. The normalized spacial score (nSPS) is 12.3. The molecule has 0 saturated carbocycles. The molecule has 35 heavy (non-hydrogen) atoms. The van der Waals surface area contributed by atoms with Gasteiger partial charge in [-0.15, -0.1) is 12.1 Å². The van der Waals surface area contributed by atoms with Crippen LogP contribution in [0.4, 0.5) is 11.4 Å². The Morgan fingerprint density at radius 3 is 1.23 bits per heavy atom. The number of nitrogens with zero attached hydrogens (tertiary/aromatic N) is 2. The zero-order valence-electron chi connectivity index (χ0n) is 17.8. The van der Waals surface area contributed by atoms with E-state index in [0.29, 0.717) is 41.3 Å². The molecule has 0 N–H and O–H groups in total. The van der Waals surface area contributed by atoms with Crippen molar-refractivity contribution in [3.63, 3.8) is 0 Å². The van der Waals surface area contributed by atoms with Crippen LogP contribution in [0.2, 0.25) is 20.1 Å². The summed E-state index contributed by atoms with van der Waals surface area (Å²) in [5.41, 5.74) is 2.96. The molecule has 0 aromatic heterocycles. The second-order valence-corrected chi connectivity index (χ2v) is 9.94. The van der Waals surface area contributed by atoms with Gasteiger partial charge in [0.2, 0.25) is 0 Å². The summed E-state index contributed by atoms with van der Waals surface area (Å²) in [4.78, 5) is 1.26. The first-order chi connectivity index (χ1) is 16.3. The van der Waals surface area contributed by atoms with E-state index < -0.39 is 12.1 Å². The number of benzene rings is 4. The third kappa shape index (κ3) is 6.87. The van der Waals surface area contributed by atoms with Crippen molar-refractivity contribution in [1.82, 2.24) is 0 Å². The maximum absolute atomic E-state index is 6.39. The predicted octanol–water partition coefficient (Wildman–Crippen LogP) is 10.3. The fraction of sp³-hybridized carbons (Fsp3) is 0.0769. The second kappa shape index (κ2) is 12.7. The minimum Gasteiger partial charge on any atom is -0.781 e. The quantitative estimate of drug-likeness (QED) is 0.152. The molecule has 184 valence electrons. The van der Waals surface area contributed by atoms with Crippen molar-refractivity contribution in [3.8, 4) is 0 Å². The average molecular weight is 621 g/mol. The van der Waals surface area contributed by atoms with E-state index >= 15 is 0 Å². The Morgan fingerprint density at radius 1 is 0.514 bits per heavy atom. The van der Waals surface area contributed by atoms with Crippen LogP contribution in [0, 0.1) is 0 Å². The standard InChI is InChI=1S/C26H18Cl4N2S2.Ni/c27-17-11-9-15(13-19(17)29)25(31-21-5-1-3-7-23(21)33)26(16-10-12-18(28)20(30)14-16)32-22-6-2-4-8-24(22)34;/h1-14,25-26,33-34H;/q-2;/p-2. The van der Waals surface area contributed by atoms with Gasteiger partial charge in [0.25, 0.3) is 0 Å². The number of hydrogen-bond acceptors (Lipinski definition) is 2. The summed E-state index contributed by atoms with van der Waals surface area (Å²) < 4.78 is 0. The van der Waals surface area contributed by atoms with Crippen molar-refractivity contribution in [2.75, 3.05) is 0 Å². The molecule has 0 aliphatic heterocycles. The molecular weight excluding hydrogens is 605 g/mol. The topological polar surface area (TPSA) is 28.2 Å². The van der Waals surface area contributed by atoms with Gasteiger partial charge in [0.05, 0.1) is 20.1 Å². The van der Waals surface area contributed by atoms with Gasteiger partial charge in [-0.3, -0.25) is 0 Å². The molecule has 0 aliphatic rings. The van der Waals surface area contributed by atoms with Gasteiger partial charge >= 0.3 is 0 Å². The van der Waals surface area contributed by atoms with E-state index in [2.05, 4.69) is 0 Å². The van der Waals surface area contributed by atoms with Crippen molar-refractivity contribution in [3.05, 3.63) is 127 Å². The van der Waals surface area contributed by atoms with Crippen LogP contribution in [-0.2, 0) is 41.7 Å². The summed E-state index contributed by atoms with van der Waals surface area (Å²) in [5, 5.41) is 11.8. The fourth-order valence-corrected chi connectivity index (χ4v) is 4.49. The molecule has 0 amide bonds. The van der Waals surface area contributed by atoms with Crippen LogP contribution in [0.15, 0.2) is 94.7 Å². The van der Waals surface area contributed by atoms with Crippen molar-refractivity contribution >= 4 is 83.0 Å². The largest absolute Gasteiger partial charge is 0.781 e. The van der Waals surface area contributed by atoms with Crippen molar-refractivity contribution in [2.24, 2.45) is 0 Å². The van der Waals surface area contributed by atoms with Crippen LogP contribution in [-0.4, -0.2) is 0 Å². The molecule has 4 aromatic rings. The van der Waals surface area contributed by atoms with E-state index in [1.807, 2.05) is 60.7 Å². The van der Waals surface area contributed by atoms with Gasteiger partial charge in [-0.2, -0.15) is 21.2 Å². The Labute approximate surface area is 246 Å². The smallest absolute Gasteiger partial charge is 0.0594 e. The summed E-state index contributed by atoms with van der Waals surface area (Å²) in [6.07, 6.45) is 0. The Balaban J connectivity index is 0.00000342. The Morgan fingerprint density at radius 2 is 0.886 bits per heavy atom. The monoisotopic (exact) mass is 618 g/mol. The molecule has 2 atom stereocenters. The fourth-order valence-electron chi connectivity index (χ4n) is 3.47. The van der Waals surface area contributed by atoms with E-state index in [-0.39, 0.29) is 16.5 Å². The van der Waals surface area contributed by atoms with Gasteiger partial charge in [-0.25, -0.2) is 0 Å². The number of hydrogen-bond donors (Lipinski definition) is 0. The first-order valence-electron chi connectivity index (χ1n) is 10.2. The minimum atomic E-state index is -0.509. The van der Waals surface area contributed by atoms with Gasteiger partial charge in [-0.05, 0) is 24.3 Å². The van der Waals surface area contributed by atoms with Crippen LogP contribution in [0.25, 0.3) is 10.6 Å². The number of rotatable bonds is 7. The molecule has 4 rings (SSSR count). The zero-order valence-corrected chi connectivity index (χ0v) is 23.4. The van der Waals surface area contributed by atoms with Gasteiger partial charge in [-0.1, -0.05) is 118 Å². The maximum atomic E-state index is 6.39. The van der Waals surface area contributed by atoms with Gasteiger partial charge < -0.3 is 35.9 Å². The molecular formula is C26H16Cl4N2NiS2-4. The maximum Gasteiger partial charge on any atom is 0.0594 e. The number of para-hydroxylation sites is 2. The van der Waals surface area contributed by atoms with Crippen molar-refractivity contribution in [1.29, 1.82) is 0 Å². The first kappa shape index (κ1) is 28.1. The van der Waals surface area contributed by atoms with E-state index in [1.165, 1.54) is 0 Å². The summed E-state index contributed by atoms with van der Waals surface area (Å²) >= 11 is 36.3. The summed E-state index contributed by atoms with van der Waals surface area (Å²) in [6.45, 7) is 0. The Kier molecular flexibility index (Phi) is 10.2. The van der Waals surface area contributed by atoms with E-state index in [1.54, 1.807) is 24.3 Å². The van der Waals surface area contributed by atoms with E-state index in [0.717, 1.165) is 11.1 Å². The molecule has 0 spiro atoms. The Hall–Kier alpha value is -1.43. The molecule has 0 saturated heterocycles. The third-order valence-corrected chi connectivity index (χ3v) is 7.32. The number of halogens is 4. The van der Waals surface area contributed by atoms with Crippen molar-refractivity contribution < 1.29 is 16.5 Å². The summed E-state index contributed by atoms with van der Waals surface area (Å²) in [5.74, 6) is 0. The van der Waals surface area contributed by atoms with E-state index in [4.69, 9.17) is 82.3 Å². The van der Waals surface area contributed by atoms with Crippen LogP contribution >= 0.6 is 46.4 Å². The van der Waals surface area contributed by atoms with Crippen LogP contribution in [0.3, 0.4) is 0 Å². The molecule has 4 aromatic carbocycles. The molecule has 9 heteroatoms. The molecule has 2 nitrogen and oxygen atoms in total. The second-order valence-electron chi connectivity index (χ2n) is 7.43. The average Bonchev–Trinajstić information content (AvgIpc) is 2.82. The van der Waals surface area contributed by atoms with Gasteiger partial charge in [0.1, 0.15) is 0 Å². The van der Waals surface area contributed by atoms with Crippen molar-refractivity contribution in [2.45, 2.75) is 21.9 Å². The predicted molar refractivity (Wildman–Crippen MR) is 149 cm³/mol. The summed E-state index contributed by atoms with van der Waals surface area (Å²) in [6, 6.07) is 24.8. The Bertz CT molecular complexity index is 1220. The molecule has 0 heterocycles. The van der Waals surface area contributed by atoms with Crippen LogP contribution in [0.1, 0.15) is 23.2 Å². The molecule has 0 aliphatic carbocycles.